The third-order valence-electron chi connectivity index (χ3n) is 5.24. The van der Waals surface area contributed by atoms with E-state index in [1.54, 1.807) is 23.9 Å². The van der Waals surface area contributed by atoms with Crippen LogP contribution < -0.4 is 10.3 Å². The molecule has 0 aliphatic heterocycles. The molecular weight excluding hydrogens is 420 g/mol. The molecule has 0 atom stereocenters. The molecular formula is C25H24N4O4. The molecule has 1 heterocycles. The lowest BCUT2D eigenvalue weighted by molar-refractivity contribution is 0.0602. The highest BCUT2D eigenvalue weighted by atomic mass is 16.5. The van der Waals surface area contributed by atoms with Crippen LogP contribution in [0.1, 0.15) is 28.4 Å². The van der Waals surface area contributed by atoms with Crippen molar-refractivity contribution in [2.75, 3.05) is 13.7 Å². The molecule has 1 aromatic heterocycles. The van der Waals surface area contributed by atoms with Crippen molar-refractivity contribution in [2.45, 2.75) is 13.5 Å². The molecule has 168 valence electrons. The molecule has 0 bridgehead atoms. The molecule has 33 heavy (non-hydrogen) atoms. The number of benzene rings is 3. The van der Waals surface area contributed by atoms with Crippen LogP contribution in [0.25, 0.3) is 22.2 Å². The van der Waals surface area contributed by atoms with Gasteiger partial charge in [-0.05, 0) is 35.7 Å². The van der Waals surface area contributed by atoms with Crippen LogP contribution >= 0.6 is 0 Å². The third kappa shape index (κ3) is 4.56. The number of hydrogen-bond donors (Lipinski definition) is 2. The zero-order chi connectivity index (χ0) is 23.2. The minimum Gasteiger partial charge on any atom is -0.465 e. The second-order valence-corrected chi connectivity index (χ2v) is 7.22. The number of hydrazone groups is 1. The van der Waals surface area contributed by atoms with Gasteiger partial charge in [-0.15, -0.1) is 0 Å². The summed E-state index contributed by atoms with van der Waals surface area (Å²) < 4.78 is 12.6. The van der Waals surface area contributed by atoms with E-state index in [1.165, 1.54) is 7.11 Å². The lowest BCUT2D eigenvalue weighted by atomic mass is 9.99. The number of methoxy groups -OCH3 is 1. The number of esters is 1. The summed E-state index contributed by atoms with van der Waals surface area (Å²) in [5.41, 5.74) is 7.46. The first-order valence-corrected chi connectivity index (χ1v) is 10.5. The van der Waals surface area contributed by atoms with Crippen molar-refractivity contribution < 1.29 is 19.5 Å². The van der Waals surface area contributed by atoms with Crippen LogP contribution in [0.2, 0.25) is 0 Å². The fourth-order valence-electron chi connectivity index (χ4n) is 3.77. The average molecular weight is 444 g/mol. The van der Waals surface area contributed by atoms with Gasteiger partial charge in [0.2, 0.25) is 0 Å². The topological polar surface area (TPSA) is 98.0 Å². The van der Waals surface area contributed by atoms with Gasteiger partial charge in [0.05, 0.1) is 43.1 Å². The largest absolute Gasteiger partial charge is 0.465 e. The van der Waals surface area contributed by atoms with Gasteiger partial charge in [0.1, 0.15) is 0 Å². The lowest BCUT2D eigenvalue weighted by Crippen LogP contribution is -2.09. The number of ether oxygens (including phenoxy) is 2. The van der Waals surface area contributed by atoms with Gasteiger partial charge in [0, 0.05) is 5.56 Å². The highest BCUT2D eigenvalue weighted by molar-refractivity contribution is 6.02. The maximum atomic E-state index is 12.4. The summed E-state index contributed by atoms with van der Waals surface area (Å²) in [7, 11) is 1.36. The minimum absolute atomic E-state index is 0.421. The van der Waals surface area contributed by atoms with E-state index < -0.39 is 5.97 Å². The maximum Gasteiger partial charge on any atom is 0.340 e. The number of para-hydroxylation sites is 1. The first-order chi connectivity index (χ1) is 16.2. The Kier molecular flexibility index (Phi) is 6.66. The van der Waals surface area contributed by atoms with E-state index in [0.29, 0.717) is 35.8 Å². The Labute approximate surface area is 191 Å². The van der Waals surface area contributed by atoms with E-state index >= 15 is 0 Å². The fourth-order valence-corrected chi connectivity index (χ4v) is 3.77. The van der Waals surface area contributed by atoms with Crippen molar-refractivity contribution in [3.8, 4) is 17.1 Å². The summed E-state index contributed by atoms with van der Waals surface area (Å²) >= 11 is 0. The van der Waals surface area contributed by atoms with Crippen LogP contribution in [0.3, 0.4) is 0 Å². The number of nitrogens with zero attached hydrogens (tertiary/aromatic N) is 3. The Morgan fingerprint density at radius 3 is 2.64 bits per heavy atom. The van der Waals surface area contributed by atoms with E-state index in [2.05, 4.69) is 10.1 Å². The normalized spacial score (nSPS) is 11.1. The monoisotopic (exact) mass is 444 g/mol. The van der Waals surface area contributed by atoms with Crippen LogP contribution in [0.5, 0.6) is 6.01 Å². The highest BCUT2D eigenvalue weighted by Crippen LogP contribution is 2.28. The zero-order valence-corrected chi connectivity index (χ0v) is 18.4. The molecule has 0 unspecified atom stereocenters. The van der Waals surface area contributed by atoms with E-state index in [0.717, 1.165) is 22.3 Å². The van der Waals surface area contributed by atoms with Crippen LogP contribution in [0, 0.1) is 0 Å². The Morgan fingerprint density at radius 1 is 1.12 bits per heavy atom. The second kappa shape index (κ2) is 9.97. The molecule has 2 N–H and O–H groups in total. The molecule has 0 fully saturated rings. The summed E-state index contributed by atoms with van der Waals surface area (Å²) in [6, 6.07) is 21.7. The minimum atomic E-state index is -0.421. The number of aromatic nitrogens is 2. The number of rotatable bonds is 8. The van der Waals surface area contributed by atoms with E-state index in [-0.39, 0.29) is 0 Å². The van der Waals surface area contributed by atoms with E-state index in [9.17, 15) is 4.79 Å². The Morgan fingerprint density at radius 2 is 1.91 bits per heavy atom. The van der Waals surface area contributed by atoms with Crippen LogP contribution in [-0.4, -0.2) is 40.7 Å². The highest BCUT2D eigenvalue weighted by Gasteiger charge is 2.19. The van der Waals surface area contributed by atoms with Gasteiger partial charge in [-0.3, -0.25) is 9.77 Å². The Bertz CT molecular complexity index is 1300. The van der Waals surface area contributed by atoms with Crippen molar-refractivity contribution in [3.05, 3.63) is 83.4 Å². The van der Waals surface area contributed by atoms with Gasteiger partial charge in [-0.1, -0.05) is 54.6 Å². The molecule has 8 heteroatoms. The first kappa shape index (κ1) is 22.0. The lowest BCUT2D eigenvalue weighted by Gasteiger charge is -2.12. The molecule has 0 saturated heterocycles. The number of imidazole rings is 1. The molecule has 8 nitrogen and oxygen atoms in total. The molecule has 4 aromatic rings. The summed E-state index contributed by atoms with van der Waals surface area (Å²) in [6.07, 6.45) is 1.56. The van der Waals surface area contributed by atoms with Crippen LogP contribution in [0.4, 0.5) is 0 Å². The van der Waals surface area contributed by atoms with Crippen molar-refractivity contribution in [1.29, 1.82) is 0 Å². The maximum absolute atomic E-state index is 12.4. The second-order valence-electron chi connectivity index (χ2n) is 7.22. The quantitative estimate of drug-likeness (QED) is 0.240. The molecule has 3 aromatic carbocycles. The summed E-state index contributed by atoms with van der Waals surface area (Å²) in [4.78, 5) is 16.9. The fraction of sp³-hybridized carbons (Fsp3) is 0.160. The third-order valence-corrected chi connectivity index (χ3v) is 5.24. The first-order valence-electron chi connectivity index (χ1n) is 10.5. The molecule has 0 spiro atoms. The molecule has 0 aliphatic rings. The SMILES string of the molecule is CCOc1nc2cccc(C(=O)OC)c2n1Cc1ccc(-c2ccccc2C=NNO)cc1. The van der Waals surface area contributed by atoms with Crippen LogP contribution in [0.15, 0.2) is 71.8 Å². The predicted octanol–water partition coefficient (Wildman–Crippen LogP) is 4.25. The van der Waals surface area contributed by atoms with Gasteiger partial charge < -0.3 is 9.47 Å². The van der Waals surface area contributed by atoms with Crippen molar-refractivity contribution in [1.82, 2.24) is 15.1 Å². The Hall–Kier alpha value is -4.17. The number of carbonyl (C=O) groups excluding carboxylic acids is 1. The van der Waals surface area contributed by atoms with E-state index in [1.807, 2.05) is 66.1 Å². The number of hydrogen-bond acceptors (Lipinski definition) is 7. The van der Waals surface area contributed by atoms with Crippen molar-refractivity contribution in [3.63, 3.8) is 0 Å². The summed E-state index contributed by atoms with van der Waals surface area (Å²) in [5.74, 6) is -0.421. The van der Waals surface area contributed by atoms with Gasteiger partial charge in [0.25, 0.3) is 6.01 Å². The average Bonchev–Trinajstić information content (AvgIpc) is 3.20. The van der Waals surface area contributed by atoms with Crippen molar-refractivity contribution in [2.24, 2.45) is 5.10 Å². The summed E-state index contributed by atoms with van der Waals surface area (Å²) in [5, 5.41) is 12.5. The molecule has 0 saturated carbocycles. The van der Waals surface area contributed by atoms with Gasteiger partial charge in [0.15, 0.2) is 0 Å². The van der Waals surface area contributed by atoms with E-state index in [4.69, 9.17) is 14.7 Å². The zero-order valence-electron chi connectivity index (χ0n) is 18.4. The predicted molar refractivity (Wildman–Crippen MR) is 126 cm³/mol. The van der Waals surface area contributed by atoms with Crippen molar-refractivity contribution >= 4 is 23.2 Å². The van der Waals surface area contributed by atoms with Gasteiger partial charge in [-0.2, -0.15) is 15.7 Å². The molecule has 0 amide bonds. The molecule has 0 radical (unpaired) electrons. The van der Waals surface area contributed by atoms with Gasteiger partial charge in [-0.25, -0.2) is 4.79 Å². The number of nitrogens with one attached hydrogen (secondary N) is 1. The molecule has 0 aliphatic carbocycles. The summed E-state index contributed by atoms with van der Waals surface area (Å²) in [6.45, 7) is 2.82. The number of carbonyl (C=O) groups is 1. The standard InChI is InChI=1S/C25H24N4O4/c1-3-33-25-27-22-10-6-9-21(24(30)32-2)23(22)29(25)16-17-11-13-18(14-12-17)20-8-5-4-7-19(20)15-26-28-31/h4-15,28,31H,3,16H2,1-2H3. The van der Waals surface area contributed by atoms with Crippen LogP contribution in [-0.2, 0) is 11.3 Å². The molecule has 4 rings (SSSR count). The smallest absolute Gasteiger partial charge is 0.340 e. The number of fused-ring (bicyclic) bond motifs is 1. The Balaban J connectivity index is 1.72. The van der Waals surface area contributed by atoms with Gasteiger partial charge >= 0.3 is 5.97 Å².